The third kappa shape index (κ3) is 3.03. The molecule has 9 heteroatoms. The van der Waals surface area contributed by atoms with Crippen molar-refractivity contribution in [1.82, 2.24) is 29.8 Å². The first-order chi connectivity index (χ1) is 12.4. The fraction of sp³-hybridized carbons (Fsp3) is 0.588. The van der Waals surface area contributed by atoms with E-state index in [-0.39, 0.29) is 5.41 Å². The number of anilines is 1. The van der Waals surface area contributed by atoms with E-state index in [1.54, 1.807) is 6.33 Å². The van der Waals surface area contributed by atoms with Gasteiger partial charge in [0.15, 0.2) is 17.0 Å². The maximum Gasteiger partial charge on any atom is 0.166 e. The first-order valence-electron chi connectivity index (χ1n) is 8.77. The molecule has 4 rings (SSSR count). The van der Waals surface area contributed by atoms with Crippen molar-refractivity contribution in [3.63, 3.8) is 0 Å². The second kappa shape index (κ2) is 6.31. The summed E-state index contributed by atoms with van der Waals surface area (Å²) in [5, 5.41) is 7.83. The van der Waals surface area contributed by atoms with Crippen LogP contribution in [0.15, 0.2) is 11.0 Å². The van der Waals surface area contributed by atoms with Crippen molar-refractivity contribution in [1.29, 1.82) is 0 Å². The maximum absolute atomic E-state index is 5.48. The zero-order chi connectivity index (χ0) is 18.3. The number of imidazole rings is 1. The van der Waals surface area contributed by atoms with E-state index < -0.39 is 0 Å². The van der Waals surface area contributed by atoms with Gasteiger partial charge < -0.3 is 14.2 Å². The molecule has 0 spiro atoms. The van der Waals surface area contributed by atoms with Crippen LogP contribution in [0.2, 0.25) is 0 Å². The minimum absolute atomic E-state index is 0.171. The highest BCUT2D eigenvalue weighted by atomic mass is 16.6. The molecule has 0 aromatic carbocycles. The SMILES string of the molecule is Cc1nonc1Cn1cnc2c(N3CCOCC3)nc(C(C)(C)C)nc21. The summed E-state index contributed by atoms with van der Waals surface area (Å²) in [4.78, 5) is 16.5. The van der Waals surface area contributed by atoms with Gasteiger partial charge in [-0.3, -0.25) is 0 Å². The zero-order valence-corrected chi connectivity index (χ0v) is 15.6. The van der Waals surface area contributed by atoms with E-state index in [0.29, 0.717) is 19.8 Å². The number of hydrogen-bond acceptors (Lipinski definition) is 8. The van der Waals surface area contributed by atoms with Gasteiger partial charge in [0.1, 0.15) is 17.2 Å². The smallest absolute Gasteiger partial charge is 0.166 e. The van der Waals surface area contributed by atoms with Crippen molar-refractivity contribution in [3.8, 4) is 0 Å². The molecule has 0 unspecified atom stereocenters. The molecule has 3 aromatic rings. The number of rotatable bonds is 3. The molecule has 0 radical (unpaired) electrons. The molecule has 0 N–H and O–H groups in total. The Hall–Kier alpha value is -2.55. The van der Waals surface area contributed by atoms with Crippen molar-refractivity contribution in [2.75, 3.05) is 31.2 Å². The molecule has 0 aliphatic carbocycles. The maximum atomic E-state index is 5.48. The molecule has 26 heavy (non-hydrogen) atoms. The molecular weight excluding hydrogens is 334 g/mol. The molecule has 138 valence electrons. The molecule has 0 bridgehead atoms. The van der Waals surface area contributed by atoms with E-state index in [2.05, 4.69) is 41.0 Å². The molecule has 1 fully saturated rings. The zero-order valence-electron chi connectivity index (χ0n) is 15.6. The molecule has 4 heterocycles. The lowest BCUT2D eigenvalue weighted by Crippen LogP contribution is -2.37. The van der Waals surface area contributed by atoms with Crippen LogP contribution >= 0.6 is 0 Å². The Morgan fingerprint density at radius 2 is 1.88 bits per heavy atom. The summed E-state index contributed by atoms with van der Waals surface area (Å²) in [7, 11) is 0. The summed E-state index contributed by atoms with van der Waals surface area (Å²) in [5.74, 6) is 1.67. The number of aryl methyl sites for hydroxylation is 1. The van der Waals surface area contributed by atoms with Crippen LogP contribution in [0.4, 0.5) is 5.82 Å². The van der Waals surface area contributed by atoms with Gasteiger partial charge in [0.05, 0.1) is 26.1 Å². The monoisotopic (exact) mass is 357 g/mol. The highest BCUT2D eigenvalue weighted by molar-refractivity contribution is 5.84. The van der Waals surface area contributed by atoms with Gasteiger partial charge in [0.25, 0.3) is 0 Å². The summed E-state index contributed by atoms with van der Waals surface area (Å²) < 4.78 is 12.3. The van der Waals surface area contributed by atoms with Gasteiger partial charge >= 0.3 is 0 Å². The fourth-order valence-electron chi connectivity index (χ4n) is 2.93. The standard InChI is InChI=1S/C17H23N7O2/c1-11-12(22-26-21-11)9-24-10-18-13-14(23-5-7-25-8-6-23)19-16(17(2,3)4)20-15(13)24/h10H,5-9H2,1-4H3. The van der Waals surface area contributed by atoms with E-state index in [9.17, 15) is 0 Å². The van der Waals surface area contributed by atoms with Crippen molar-refractivity contribution in [2.45, 2.75) is 39.7 Å². The van der Waals surface area contributed by atoms with Crippen LogP contribution in [-0.4, -0.2) is 56.1 Å². The van der Waals surface area contributed by atoms with Crippen LogP contribution in [-0.2, 0) is 16.7 Å². The van der Waals surface area contributed by atoms with Crippen LogP contribution < -0.4 is 4.90 Å². The lowest BCUT2D eigenvalue weighted by atomic mass is 9.96. The van der Waals surface area contributed by atoms with E-state index >= 15 is 0 Å². The van der Waals surface area contributed by atoms with Gasteiger partial charge in [-0.25, -0.2) is 19.6 Å². The Labute approximate surface area is 151 Å². The number of hydrogen-bond donors (Lipinski definition) is 0. The van der Waals surface area contributed by atoms with Crippen LogP contribution in [0.25, 0.3) is 11.2 Å². The third-order valence-corrected chi connectivity index (χ3v) is 4.49. The first-order valence-corrected chi connectivity index (χ1v) is 8.77. The topological polar surface area (TPSA) is 95.0 Å². The number of morpholine rings is 1. The molecule has 3 aromatic heterocycles. The van der Waals surface area contributed by atoms with Crippen molar-refractivity contribution < 1.29 is 9.37 Å². The van der Waals surface area contributed by atoms with Crippen molar-refractivity contribution >= 4 is 17.0 Å². The van der Waals surface area contributed by atoms with Gasteiger partial charge in [-0.15, -0.1) is 0 Å². The summed E-state index contributed by atoms with van der Waals surface area (Å²) in [6, 6.07) is 0. The van der Waals surface area contributed by atoms with Crippen LogP contribution in [0.3, 0.4) is 0 Å². The van der Waals surface area contributed by atoms with Gasteiger partial charge in [-0.1, -0.05) is 31.1 Å². The Balaban J connectivity index is 1.84. The highest BCUT2D eigenvalue weighted by Crippen LogP contribution is 2.28. The largest absolute Gasteiger partial charge is 0.378 e. The molecular formula is C17H23N7O2. The Morgan fingerprint density at radius 3 is 2.54 bits per heavy atom. The Morgan fingerprint density at radius 1 is 1.12 bits per heavy atom. The Kier molecular flexibility index (Phi) is 4.10. The molecule has 9 nitrogen and oxygen atoms in total. The van der Waals surface area contributed by atoms with Crippen LogP contribution in [0, 0.1) is 6.92 Å². The van der Waals surface area contributed by atoms with E-state index in [0.717, 1.165) is 47.3 Å². The fourth-order valence-corrected chi connectivity index (χ4v) is 2.93. The molecule has 1 saturated heterocycles. The summed E-state index contributed by atoms with van der Waals surface area (Å²) in [5.41, 5.74) is 2.97. The van der Waals surface area contributed by atoms with Gasteiger partial charge in [0.2, 0.25) is 0 Å². The summed E-state index contributed by atoms with van der Waals surface area (Å²) in [6.45, 7) is 11.7. The number of aromatic nitrogens is 6. The third-order valence-electron chi connectivity index (χ3n) is 4.49. The summed E-state index contributed by atoms with van der Waals surface area (Å²) in [6.07, 6.45) is 1.78. The predicted octanol–water partition coefficient (Wildman–Crippen LogP) is 1.70. The number of fused-ring (bicyclic) bond motifs is 1. The van der Waals surface area contributed by atoms with E-state index in [4.69, 9.17) is 19.3 Å². The number of nitrogens with zero attached hydrogens (tertiary/aromatic N) is 7. The molecule has 0 saturated carbocycles. The second-order valence-electron chi connectivity index (χ2n) is 7.56. The van der Waals surface area contributed by atoms with Crippen LogP contribution in [0.5, 0.6) is 0 Å². The predicted molar refractivity (Wildman–Crippen MR) is 95.2 cm³/mol. The van der Waals surface area contributed by atoms with Gasteiger partial charge in [-0.05, 0) is 6.92 Å². The second-order valence-corrected chi connectivity index (χ2v) is 7.56. The van der Waals surface area contributed by atoms with E-state index in [1.165, 1.54) is 0 Å². The number of ether oxygens (including phenoxy) is 1. The van der Waals surface area contributed by atoms with Crippen molar-refractivity contribution in [2.24, 2.45) is 0 Å². The molecule has 0 atom stereocenters. The minimum atomic E-state index is -0.171. The van der Waals surface area contributed by atoms with E-state index in [1.807, 2.05) is 11.5 Å². The van der Waals surface area contributed by atoms with Gasteiger partial charge in [0, 0.05) is 18.5 Å². The molecule has 1 aliphatic heterocycles. The quantitative estimate of drug-likeness (QED) is 0.699. The highest BCUT2D eigenvalue weighted by Gasteiger charge is 2.25. The summed E-state index contributed by atoms with van der Waals surface area (Å²) >= 11 is 0. The normalized spacial score (nSPS) is 15.8. The van der Waals surface area contributed by atoms with Crippen LogP contribution in [0.1, 0.15) is 38.0 Å². The van der Waals surface area contributed by atoms with Gasteiger partial charge in [-0.2, -0.15) is 0 Å². The first kappa shape index (κ1) is 16.9. The lowest BCUT2D eigenvalue weighted by Gasteiger charge is -2.29. The van der Waals surface area contributed by atoms with Crippen molar-refractivity contribution in [3.05, 3.63) is 23.5 Å². The molecule has 1 aliphatic rings. The average Bonchev–Trinajstić information content (AvgIpc) is 3.21. The minimum Gasteiger partial charge on any atom is -0.378 e. The Bertz CT molecular complexity index is 919. The molecule has 0 amide bonds. The lowest BCUT2D eigenvalue weighted by molar-refractivity contribution is 0.122. The average molecular weight is 357 g/mol.